The molecule has 0 unspecified atom stereocenters. The molecule has 4 aromatic heterocycles. The highest BCUT2D eigenvalue weighted by Crippen LogP contribution is 2.45. The highest BCUT2D eigenvalue weighted by Gasteiger charge is 2.21. The number of nitrogens with zero attached hydrogens (tertiary/aromatic N) is 4. The van der Waals surface area contributed by atoms with Gasteiger partial charge in [0.2, 0.25) is 0 Å². The van der Waals surface area contributed by atoms with Crippen molar-refractivity contribution in [2.45, 2.75) is 0 Å². The first-order valence-corrected chi connectivity index (χ1v) is 21.1. The van der Waals surface area contributed by atoms with Gasteiger partial charge in [0.05, 0.1) is 11.0 Å². The van der Waals surface area contributed by atoms with Crippen molar-refractivity contribution >= 4 is 65.7 Å². The van der Waals surface area contributed by atoms with Crippen molar-refractivity contribution in [1.82, 2.24) is 19.5 Å². The SMILES string of the molecule is c1ccc(-c2nc(-c3ccc4c(c3)oc3ccccc34)nc(-c3ccc4c(c3)oc3cccc(-c5ccccc5-c5cccc6c5c5ccccc5n6-c5ccccc5)c34)n2)cc1. The molecule has 0 radical (unpaired) electrons. The van der Waals surface area contributed by atoms with Crippen LogP contribution in [0.3, 0.4) is 0 Å². The molecule has 0 aliphatic rings. The summed E-state index contributed by atoms with van der Waals surface area (Å²) >= 11 is 0. The van der Waals surface area contributed by atoms with Gasteiger partial charge in [-0.15, -0.1) is 0 Å². The summed E-state index contributed by atoms with van der Waals surface area (Å²) in [6, 6.07) is 71.6. The van der Waals surface area contributed by atoms with E-state index in [0.29, 0.717) is 17.5 Å². The molecular weight excluding hydrogens is 773 g/mol. The van der Waals surface area contributed by atoms with Gasteiger partial charge in [-0.05, 0) is 82.9 Å². The van der Waals surface area contributed by atoms with Crippen molar-refractivity contribution in [2.24, 2.45) is 0 Å². The van der Waals surface area contributed by atoms with E-state index < -0.39 is 0 Å². The first kappa shape index (κ1) is 35.2. The highest BCUT2D eigenvalue weighted by molar-refractivity contribution is 6.19. The third-order valence-corrected chi connectivity index (χ3v) is 12.3. The summed E-state index contributed by atoms with van der Waals surface area (Å²) in [7, 11) is 0. The van der Waals surface area contributed by atoms with Crippen LogP contribution in [0.1, 0.15) is 0 Å². The van der Waals surface area contributed by atoms with Gasteiger partial charge in [-0.2, -0.15) is 0 Å². The Morgan fingerprint density at radius 1 is 0.302 bits per heavy atom. The van der Waals surface area contributed by atoms with Gasteiger partial charge in [0, 0.05) is 54.7 Å². The molecule has 0 bridgehead atoms. The second-order valence-electron chi connectivity index (χ2n) is 15.9. The van der Waals surface area contributed by atoms with E-state index in [4.69, 9.17) is 23.8 Å². The Labute approximate surface area is 361 Å². The van der Waals surface area contributed by atoms with E-state index in [2.05, 4.69) is 156 Å². The van der Waals surface area contributed by atoms with Crippen LogP contribution in [0.15, 0.2) is 215 Å². The van der Waals surface area contributed by atoms with Gasteiger partial charge < -0.3 is 13.4 Å². The summed E-state index contributed by atoms with van der Waals surface area (Å²) in [4.78, 5) is 15.1. The molecule has 13 rings (SSSR count). The fourth-order valence-electron chi connectivity index (χ4n) is 9.46. The second kappa shape index (κ2) is 14.0. The Morgan fingerprint density at radius 2 is 0.794 bits per heavy atom. The zero-order chi connectivity index (χ0) is 41.4. The molecule has 0 fully saturated rings. The van der Waals surface area contributed by atoms with Crippen LogP contribution in [0.25, 0.3) is 128 Å². The average molecular weight is 807 g/mol. The van der Waals surface area contributed by atoms with Gasteiger partial charge in [-0.25, -0.2) is 15.0 Å². The molecule has 0 N–H and O–H groups in total. The quantitative estimate of drug-likeness (QED) is 0.167. The van der Waals surface area contributed by atoms with E-state index in [1.807, 2.05) is 54.6 Å². The highest BCUT2D eigenvalue weighted by atomic mass is 16.3. The lowest BCUT2D eigenvalue weighted by Gasteiger charge is -2.13. The number of benzene rings is 9. The average Bonchev–Trinajstić information content (AvgIpc) is 4.03. The number of hydrogen-bond acceptors (Lipinski definition) is 5. The summed E-state index contributed by atoms with van der Waals surface area (Å²) in [5.41, 5.74) is 13.8. The molecule has 63 heavy (non-hydrogen) atoms. The summed E-state index contributed by atoms with van der Waals surface area (Å²) in [5, 5.41) is 6.65. The standard InChI is InChI=1S/C57H34N4O2/c1-3-15-35(16-4-1)55-58-56(36-29-31-42-41-21-10-12-27-49(41)62-51(42)33-36)60-57(59-55)37-30-32-46-52(34-37)63-50-28-14-24-44(54(46)50)40-20-8-7-19-39(40)43-23-13-26-48-53(43)45-22-9-11-25-47(45)61(48)38-17-5-2-6-18-38/h1-34H. The second-order valence-corrected chi connectivity index (χ2v) is 15.9. The largest absolute Gasteiger partial charge is 0.456 e. The molecule has 6 nitrogen and oxygen atoms in total. The first-order valence-electron chi connectivity index (χ1n) is 21.1. The van der Waals surface area contributed by atoms with Crippen LogP contribution in [-0.4, -0.2) is 19.5 Å². The molecule has 0 saturated heterocycles. The number of rotatable bonds is 6. The molecule has 0 aliphatic carbocycles. The Kier molecular flexibility index (Phi) is 7.80. The van der Waals surface area contributed by atoms with Crippen molar-refractivity contribution in [1.29, 1.82) is 0 Å². The molecule has 0 atom stereocenters. The third-order valence-electron chi connectivity index (χ3n) is 12.3. The molecule has 0 aliphatic heterocycles. The van der Waals surface area contributed by atoms with Crippen molar-refractivity contribution in [3.8, 4) is 62.1 Å². The fourth-order valence-corrected chi connectivity index (χ4v) is 9.46. The van der Waals surface area contributed by atoms with E-state index in [0.717, 1.165) is 82.9 Å². The van der Waals surface area contributed by atoms with E-state index in [9.17, 15) is 0 Å². The van der Waals surface area contributed by atoms with Crippen LogP contribution >= 0.6 is 0 Å². The van der Waals surface area contributed by atoms with Crippen molar-refractivity contribution in [2.75, 3.05) is 0 Å². The number of fused-ring (bicyclic) bond motifs is 9. The molecule has 0 saturated carbocycles. The maximum atomic E-state index is 6.72. The van der Waals surface area contributed by atoms with Gasteiger partial charge in [-0.1, -0.05) is 146 Å². The molecule has 4 heterocycles. The first-order chi connectivity index (χ1) is 31.2. The van der Waals surface area contributed by atoms with Gasteiger partial charge in [0.1, 0.15) is 22.3 Å². The molecule has 0 amide bonds. The minimum absolute atomic E-state index is 0.555. The monoisotopic (exact) mass is 806 g/mol. The van der Waals surface area contributed by atoms with Crippen LogP contribution in [0.4, 0.5) is 0 Å². The Balaban J connectivity index is 0.961. The molecule has 13 aromatic rings. The maximum Gasteiger partial charge on any atom is 0.164 e. The van der Waals surface area contributed by atoms with Gasteiger partial charge in [0.15, 0.2) is 17.5 Å². The smallest absolute Gasteiger partial charge is 0.164 e. The van der Waals surface area contributed by atoms with Crippen molar-refractivity contribution in [3.05, 3.63) is 206 Å². The molecule has 0 spiro atoms. The topological polar surface area (TPSA) is 69.9 Å². The predicted molar refractivity (Wildman–Crippen MR) is 256 cm³/mol. The van der Waals surface area contributed by atoms with Crippen molar-refractivity contribution < 1.29 is 8.83 Å². The number of para-hydroxylation sites is 3. The summed E-state index contributed by atoms with van der Waals surface area (Å²) < 4.78 is 15.4. The minimum atomic E-state index is 0.555. The van der Waals surface area contributed by atoms with Crippen LogP contribution in [0.2, 0.25) is 0 Å². The summed E-state index contributed by atoms with van der Waals surface area (Å²) in [6.07, 6.45) is 0. The molecule has 294 valence electrons. The maximum absolute atomic E-state index is 6.72. The Hall–Kier alpha value is -8.61. The lowest BCUT2D eigenvalue weighted by Crippen LogP contribution is -2.00. The fraction of sp³-hybridized carbons (Fsp3) is 0. The number of furan rings is 2. The number of aromatic nitrogens is 4. The van der Waals surface area contributed by atoms with Gasteiger partial charge in [-0.3, -0.25) is 0 Å². The predicted octanol–water partition coefficient (Wildman–Crippen LogP) is 15.1. The van der Waals surface area contributed by atoms with Crippen LogP contribution in [0, 0.1) is 0 Å². The molecule has 9 aromatic carbocycles. The summed E-state index contributed by atoms with van der Waals surface area (Å²) in [6.45, 7) is 0. The zero-order valence-electron chi connectivity index (χ0n) is 33.7. The van der Waals surface area contributed by atoms with Crippen LogP contribution in [0.5, 0.6) is 0 Å². The lowest BCUT2D eigenvalue weighted by molar-refractivity contribution is 0.668. The minimum Gasteiger partial charge on any atom is -0.456 e. The third kappa shape index (κ3) is 5.62. The van der Waals surface area contributed by atoms with E-state index in [-0.39, 0.29) is 0 Å². The zero-order valence-corrected chi connectivity index (χ0v) is 33.7. The van der Waals surface area contributed by atoms with Crippen molar-refractivity contribution in [3.63, 3.8) is 0 Å². The van der Waals surface area contributed by atoms with E-state index in [1.165, 1.54) is 27.4 Å². The van der Waals surface area contributed by atoms with Crippen LogP contribution < -0.4 is 0 Å². The van der Waals surface area contributed by atoms with Crippen LogP contribution in [-0.2, 0) is 0 Å². The lowest BCUT2D eigenvalue weighted by atomic mass is 9.90. The Bertz CT molecular complexity index is 3920. The van der Waals surface area contributed by atoms with E-state index in [1.54, 1.807) is 0 Å². The number of hydrogen-bond donors (Lipinski definition) is 0. The van der Waals surface area contributed by atoms with Gasteiger partial charge in [0.25, 0.3) is 0 Å². The molecular formula is C57H34N4O2. The van der Waals surface area contributed by atoms with E-state index >= 15 is 0 Å². The normalized spacial score (nSPS) is 11.8. The van der Waals surface area contributed by atoms with Gasteiger partial charge >= 0.3 is 0 Å². The molecule has 6 heteroatoms. The summed E-state index contributed by atoms with van der Waals surface area (Å²) in [5.74, 6) is 1.71. The Morgan fingerprint density at radius 3 is 1.54 bits per heavy atom.